The summed E-state index contributed by atoms with van der Waals surface area (Å²) in [5, 5.41) is 12.1. The van der Waals surface area contributed by atoms with E-state index in [1.165, 1.54) is 12.1 Å². The van der Waals surface area contributed by atoms with Crippen LogP contribution in [0.25, 0.3) is 0 Å². The molecule has 0 saturated heterocycles. The molecule has 0 saturated carbocycles. The lowest BCUT2D eigenvalue weighted by Gasteiger charge is -2.11. The Morgan fingerprint density at radius 2 is 2.00 bits per heavy atom. The predicted molar refractivity (Wildman–Crippen MR) is 73.8 cm³/mol. The summed E-state index contributed by atoms with van der Waals surface area (Å²) in [6.07, 6.45) is 0. The summed E-state index contributed by atoms with van der Waals surface area (Å²) in [5.74, 6) is 0.364. The lowest BCUT2D eigenvalue weighted by Crippen LogP contribution is -2.12. The highest BCUT2D eigenvalue weighted by Gasteiger charge is 2.10. The average molecular weight is 257 g/mol. The van der Waals surface area contributed by atoms with Crippen molar-refractivity contribution in [3.8, 4) is 11.5 Å². The standard InChI is InChI=1S/C15H15NO3/c1-10-6-7-14(19-2)13(8-10)16-15(18)11-4-3-5-12(17)9-11/h3-9,17H,1-2H3,(H,16,18). The molecular formula is C15H15NO3. The molecule has 0 fully saturated rings. The maximum Gasteiger partial charge on any atom is 0.255 e. The molecule has 2 aromatic carbocycles. The quantitative estimate of drug-likeness (QED) is 0.888. The van der Waals surface area contributed by atoms with E-state index in [0.717, 1.165) is 5.56 Å². The van der Waals surface area contributed by atoms with Gasteiger partial charge < -0.3 is 15.2 Å². The van der Waals surface area contributed by atoms with Gasteiger partial charge >= 0.3 is 0 Å². The zero-order chi connectivity index (χ0) is 13.8. The SMILES string of the molecule is COc1ccc(C)cc1NC(=O)c1cccc(O)c1. The van der Waals surface area contributed by atoms with Crippen molar-refractivity contribution in [1.29, 1.82) is 0 Å². The maximum absolute atomic E-state index is 12.1. The highest BCUT2D eigenvalue weighted by Crippen LogP contribution is 2.26. The number of carbonyl (C=O) groups excluding carboxylic acids is 1. The Morgan fingerprint density at radius 3 is 2.68 bits per heavy atom. The number of anilines is 1. The van der Waals surface area contributed by atoms with E-state index in [4.69, 9.17) is 4.74 Å². The van der Waals surface area contributed by atoms with Crippen LogP contribution in [0.4, 0.5) is 5.69 Å². The van der Waals surface area contributed by atoms with E-state index in [0.29, 0.717) is 17.0 Å². The molecule has 0 aliphatic carbocycles. The number of benzene rings is 2. The largest absolute Gasteiger partial charge is 0.508 e. The van der Waals surface area contributed by atoms with Crippen molar-refractivity contribution in [2.75, 3.05) is 12.4 Å². The first kappa shape index (κ1) is 13.0. The summed E-state index contributed by atoms with van der Waals surface area (Å²) in [7, 11) is 1.55. The Morgan fingerprint density at radius 1 is 1.21 bits per heavy atom. The molecule has 0 heterocycles. The van der Waals surface area contributed by atoms with E-state index in [2.05, 4.69) is 5.32 Å². The van der Waals surface area contributed by atoms with Gasteiger partial charge in [0.2, 0.25) is 0 Å². The van der Waals surface area contributed by atoms with Gasteiger partial charge in [0.25, 0.3) is 5.91 Å². The Hall–Kier alpha value is -2.49. The maximum atomic E-state index is 12.1. The number of rotatable bonds is 3. The van der Waals surface area contributed by atoms with Gasteiger partial charge in [-0.05, 0) is 42.8 Å². The zero-order valence-corrected chi connectivity index (χ0v) is 10.8. The fraction of sp³-hybridized carbons (Fsp3) is 0.133. The molecule has 0 spiro atoms. The van der Waals surface area contributed by atoms with Crippen LogP contribution in [0.5, 0.6) is 11.5 Å². The second-order valence-electron chi connectivity index (χ2n) is 4.21. The molecule has 98 valence electrons. The second kappa shape index (κ2) is 5.44. The van der Waals surface area contributed by atoms with Crippen LogP contribution >= 0.6 is 0 Å². The lowest BCUT2D eigenvalue weighted by atomic mass is 10.1. The van der Waals surface area contributed by atoms with Crippen molar-refractivity contribution in [1.82, 2.24) is 0 Å². The number of aryl methyl sites for hydroxylation is 1. The number of phenols is 1. The fourth-order valence-corrected chi connectivity index (χ4v) is 1.76. The molecule has 0 unspecified atom stereocenters. The molecule has 0 atom stereocenters. The first-order valence-electron chi connectivity index (χ1n) is 5.85. The number of phenolic OH excluding ortho intramolecular Hbond substituents is 1. The zero-order valence-electron chi connectivity index (χ0n) is 10.8. The number of hydrogen-bond acceptors (Lipinski definition) is 3. The Bertz CT molecular complexity index is 608. The number of carbonyl (C=O) groups is 1. The molecule has 0 aliphatic rings. The number of methoxy groups -OCH3 is 1. The molecule has 1 amide bonds. The van der Waals surface area contributed by atoms with E-state index >= 15 is 0 Å². The molecule has 0 bridgehead atoms. The number of amides is 1. The highest BCUT2D eigenvalue weighted by atomic mass is 16.5. The van der Waals surface area contributed by atoms with E-state index in [1.807, 2.05) is 19.1 Å². The third kappa shape index (κ3) is 3.04. The van der Waals surface area contributed by atoms with Crippen LogP contribution in [0.1, 0.15) is 15.9 Å². The monoisotopic (exact) mass is 257 g/mol. The van der Waals surface area contributed by atoms with Crippen molar-refractivity contribution >= 4 is 11.6 Å². The van der Waals surface area contributed by atoms with Crippen LogP contribution < -0.4 is 10.1 Å². The topological polar surface area (TPSA) is 58.6 Å². The van der Waals surface area contributed by atoms with Crippen LogP contribution in [0.3, 0.4) is 0 Å². The molecule has 4 nitrogen and oxygen atoms in total. The number of nitrogens with one attached hydrogen (secondary N) is 1. The Balaban J connectivity index is 2.26. The van der Waals surface area contributed by atoms with Crippen molar-refractivity contribution in [3.63, 3.8) is 0 Å². The molecule has 4 heteroatoms. The summed E-state index contributed by atoms with van der Waals surface area (Å²) >= 11 is 0. The third-order valence-electron chi connectivity index (χ3n) is 2.71. The smallest absolute Gasteiger partial charge is 0.255 e. The summed E-state index contributed by atoms with van der Waals surface area (Å²) in [4.78, 5) is 12.1. The average Bonchev–Trinajstić information content (AvgIpc) is 2.39. The van der Waals surface area contributed by atoms with Crippen LogP contribution in [0.2, 0.25) is 0 Å². The van der Waals surface area contributed by atoms with Crippen LogP contribution in [0.15, 0.2) is 42.5 Å². The second-order valence-corrected chi connectivity index (χ2v) is 4.21. The van der Waals surface area contributed by atoms with E-state index < -0.39 is 0 Å². The van der Waals surface area contributed by atoms with Gasteiger partial charge in [-0.1, -0.05) is 12.1 Å². The van der Waals surface area contributed by atoms with Gasteiger partial charge in [0, 0.05) is 5.56 Å². The highest BCUT2D eigenvalue weighted by molar-refractivity contribution is 6.05. The van der Waals surface area contributed by atoms with Crippen LogP contribution in [-0.4, -0.2) is 18.1 Å². The van der Waals surface area contributed by atoms with E-state index in [9.17, 15) is 9.90 Å². The normalized spacial score (nSPS) is 10.0. The van der Waals surface area contributed by atoms with Gasteiger partial charge in [0.1, 0.15) is 11.5 Å². The van der Waals surface area contributed by atoms with Crippen LogP contribution in [-0.2, 0) is 0 Å². The van der Waals surface area contributed by atoms with Crippen molar-refractivity contribution in [2.45, 2.75) is 6.92 Å². The van der Waals surface area contributed by atoms with Gasteiger partial charge in [-0.15, -0.1) is 0 Å². The molecular weight excluding hydrogens is 242 g/mol. The van der Waals surface area contributed by atoms with Crippen LogP contribution in [0, 0.1) is 6.92 Å². The fourth-order valence-electron chi connectivity index (χ4n) is 1.76. The molecule has 0 aliphatic heterocycles. The molecule has 19 heavy (non-hydrogen) atoms. The number of hydrogen-bond donors (Lipinski definition) is 2. The molecule has 2 N–H and O–H groups in total. The Labute approximate surface area is 111 Å². The van der Waals surface area contributed by atoms with E-state index in [-0.39, 0.29) is 11.7 Å². The molecule has 0 radical (unpaired) electrons. The van der Waals surface area contributed by atoms with Gasteiger partial charge in [0.15, 0.2) is 0 Å². The van der Waals surface area contributed by atoms with Gasteiger partial charge in [-0.3, -0.25) is 4.79 Å². The number of ether oxygens (including phenoxy) is 1. The minimum atomic E-state index is -0.292. The first-order valence-corrected chi connectivity index (χ1v) is 5.85. The summed E-state index contributed by atoms with van der Waals surface area (Å²) in [5.41, 5.74) is 2.02. The van der Waals surface area contributed by atoms with Crippen molar-refractivity contribution in [2.24, 2.45) is 0 Å². The van der Waals surface area contributed by atoms with Gasteiger partial charge in [0.05, 0.1) is 12.8 Å². The molecule has 2 aromatic rings. The third-order valence-corrected chi connectivity index (χ3v) is 2.71. The molecule has 0 aromatic heterocycles. The van der Waals surface area contributed by atoms with Crippen molar-refractivity contribution in [3.05, 3.63) is 53.6 Å². The predicted octanol–water partition coefficient (Wildman–Crippen LogP) is 2.96. The van der Waals surface area contributed by atoms with Crippen molar-refractivity contribution < 1.29 is 14.6 Å². The Kier molecular flexibility index (Phi) is 3.71. The molecule has 2 rings (SSSR count). The van der Waals surface area contributed by atoms with Gasteiger partial charge in [-0.2, -0.15) is 0 Å². The minimum Gasteiger partial charge on any atom is -0.508 e. The lowest BCUT2D eigenvalue weighted by molar-refractivity contribution is 0.102. The summed E-state index contributed by atoms with van der Waals surface area (Å²) < 4.78 is 5.20. The first-order chi connectivity index (χ1) is 9.10. The summed E-state index contributed by atoms with van der Waals surface area (Å²) in [6.45, 7) is 1.93. The van der Waals surface area contributed by atoms with E-state index in [1.54, 1.807) is 25.3 Å². The summed E-state index contributed by atoms with van der Waals surface area (Å²) in [6, 6.07) is 11.7. The minimum absolute atomic E-state index is 0.0591. The van der Waals surface area contributed by atoms with Gasteiger partial charge in [-0.25, -0.2) is 0 Å². The number of aromatic hydroxyl groups is 1.